The van der Waals surface area contributed by atoms with E-state index >= 15 is 4.39 Å². The lowest BCUT2D eigenvalue weighted by Crippen LogP contribution is -2.47. The van der Waals surface area contributed by atoms with E-state index in [1.54, 1.807) is 4.90 Å². The van der Waals surface area contributed by atoms with Gasteiger partial charge in [-0.2, -0.15) is 0 Å². The van der Waals surface area contributed by atoms with Crippen molar-refractivity contribution < 1.29 is 14.0 Å². The number of likely N-dealkylation sites (tertiary alicyclic amines) is 1. The molecule has 1 aliphatic rings. The molecule has 3 N–H and O–H groups in total. The van der Waals surface area contributed by atoms with Crippen molar-refractivity contribution in [1.29, 1.82) is 0 Å². The molecule has 0 radical (unpaired) electrons. The van der Waals surface area contributed by atoms with Gasteiger partial charge in [0.1, 0.15) is 0 Å². The lowest BCUT2D eigenvalue weighted by molar-refractivity contribution is -0.118. The van der Waals surface area contributed by atoms with Crippen molar-refractivity contribution in [2.45, 2.75) is 50.6 Å². The number of nitrogens with one attached hydrogen (secondary N) is 1. The van der Waals surface area contributed by atoms with Gasteiger partial charge in [0, 0.05) is 32.0 Å². The maximum atomic E-state index is 16.7. The van der Waals surface area contributed by atoms with Gasteiger partial charge in [-0.15, -0.1) is 0 Å². The minimum Gasteiger partial charge on any atom is -0.370 e. The average molecular weight is 440 g/mol. The van der Waals surface area contributed by atoms with Gasteiger partial charge in [-0.05, 0) is 36.8 Å². The summed E-state index contributed by atoms with van der Waals surface area (Å²) < 4.78 is 16.7. The smallest absolute Gasteiger partial charge is 0.317 e. The third kappa shape index (κ3) is 6.09. The van der Waals surface area contributed by atoms with Crippen LogP contribution in [-0.4, -0.2) is 36.5 Å². The number of unbranched alkanes of at least 4 members (excludes halogenated alkanes) is 3. The molecule has 1 heterocycles. The zero-order valence-corrected chi connectivity index (χ0v) is 18.6. The normalized spacial score (nSPS) is 14.8. The summed E-state index contributed by atoms with van der Waals surface area (Å²) in [7, 11) is 0. The Kier molecular flexibility index (Phi) is 8.65. The van der Waals surface area contributed by atoms with Gasteiger partial charge in [0.2, 0.25) is 5.91 Å². The lowest BCUT2D eigenvalue weighted by Gasteiger charge is -2.40. The highest BCUT2D eigenvalue weighted by molar-refractivity contribution is 5.74. The molecular weight excluding hydrogens is 405 g/mol. The molecular formula is C26H34FN3O2. The van der Waals surface area contributed by atoms with Gasteiger partial charge >= 0.3 is 6.03 Å². The maximum absolute atomic E-state index is 16.7. The Balaban J connectivity index is 1.52. The Bertz CT molecular complexity index is 812. The van der Waals surface area contributed by atoms with Gasteiger partial charge in [-0.1, -0.05) is 73.5 Å². The van der Waals surface area contributed by atoms with Crippen molar-refractivity contribution in [1.82, 2.24) is 10.2 Å². The molecule has 32 heavy (non-hydrogen) atoms. The van der Waals surface area contributed by atoms with Crippen molar-refractivity contribution in [3.05, 3.63) is 71.8 Å². The minimum atomic E-state index is -1.57. The van der Waals surface area contributed by atoms with Gasteiger partial charge in [-0.25, -0.2) is 9.18 Å². The minimum absolute atomic E-state index is 0.0792. The topological polar surface area (TPSA) is 75.4 Å². The second kappa shape index (κ2) is 11.7. The monoisotopic (exact) mass is 439 g/mol. The first-order chi connectivity index (χ1) is 15.5. The van der Waals surface area contributed by atoms with E-state index in [0.717, 1.165) is 25.7 Å². The Morgan fingerprint density at radius 3 is 1.97 bits per heavy atom. The zero-order valence-electron chi connectivity index (χ0n) is 18.6. The van der Waals surface area contributed by atoms with Crippen molar-refractivity contribution >= 4 is 11.9 Å². The summed E-state index contributed by atoms with van der Waals surface area (Å²) in [5.41, 5.74) is 4.90. The van der Waals surface area contributed by atoms with Crippen molar-refractivity contribution in [2.75, 3.05) is 19.6 Å². The Morgan fingerprint density at radius 2 is 1.44 bits per heavy atom. The number of halogens is 1. The van der Waals surface area contributed by atoms with Gasteiger partial charge in [0.25, 0.3) is 0 Å². The van der Waals surface area contributed by atoms with Crippen LogP contribution in [-0.2, 0) is 10.5 Å². The van der Waals surface area contributed by atoms with E-state index in [1.807, 2.05) is 60.7 Å². The molecule has 0 atom stereocenters. The van der Waals surface area contributed by atoms with Gasteiger partial charge < -0.3 is 16.0 Å². The number of benzene rings is 2. The molecule has 6 heteroatoms. The second-order valence-electron chi connectivity index (χ2n) is 8.57. The number of hydrogen-bond acceptors (Lipinski definition) is 2. The number of hydrogen-bond donors (Lipinski definition) is 2. The van der Waals surface area contributed by atoms with E-state index < -0.39 is 5.67 Å². The molecule has 0 unspecified atom stereocenters. The summed E-state index contributed by atoms with van der Waals surface area (Å²) >= 11 is 0. The number of primary amides is 1. The van der Waals surface area contributed by atoms with E-state index in [-0.39, 0.29) is 17.9 Å². The van der Waals surface area contributed by atoms with E-state index in [2.05, 4.69) is 5.32 Å². The number of nitrogens with two attached hydrogens (primary N) is 1. The number of urea groups is 1. The van der Waals surface area contributed by atoms with Gasteiger partial charge in [0.15, 0.2) is 5.67 Å². The number of amides is 3. The summed E-state index contributed by atoms with van der Waals surface area (Å²) in [6.45, 7) is 1.69. The van der Waals surface area contributed by atoms with Crippen LogP contribution in [0.5, 0.6) is 0 Å². The second-order valence-corrected chi connectivity index (χ2v) is 8.57. The van der Waals surface area contributed by atoms with E-state index in [0.29, 0.717) is 50.0 Å². The van der Waals surface area contributed by atoms with Crippen LogP contribution in [0.4, 0.5) is 9.18 Å². The molecule has 1 fully saturated rings. The number of carbonyl (C=O) groups is 2. The summed E-state index contributed by atoms with van der Waals surface area (Å²) in [5.74, 6) is -0.458. The number of nitrogens with zero attached hydrogens (tertiary/aromatic N) is 1. The molecule has 1 saturated heterocycles. The highest BCUT2D eigenvalue weighted by Gasteiger charge is 2.44. The fraction of sp³-hybridized carbons (Fsp3) is 0.462. The third-order valence-corrected chi connectivity index (χ3v) is 6.36. The molecule has 2 aromatic rings. The molecule has 2 aromatic carbocycles. The Morgan fingerprint density at radius 1 is 0.906 bits per heavy atom. The summed E-state index contributed by atoms with van der Waals surface area (Å²) in [6, 6.07) is 18.7. The van der Waals surface area contributed by atoms with Crippen molar-refractivity contribution in [2.24, 2.45) is 11.7 Å². The van der Waals surface area contributed by atoms with E-state index in [9.17, 15) is 9.59 Å². The summed E-state index contributed by atoms with van der Waals surface area (Å²) in [5, 5.41) is 2.97. The van der Waals surface area contributed by atoms with Crippen LogP contribution in [0.2, 0.25) is 0 Å². The maximum Gasteiger partial charge on any atom is 0.317 e. The van der Waals surface area contributed by atoms with Crippen molar-refractivity contribution in [3.63, 3.8) is 0 Å². The predicted octanol–water partition coefficient (Wildman–Crippen LogP) is 4.76. The molecule has 0 aliphatic carbocycles. The number of rotatable bonds is 10. The van der Waals surface area contributed by atoms with Gasteiger partial charge in [-0.3, -0.25) is 4.79 Å². The van der Waals surface area contributed by atoms with Crippen LogP contribution in [0.3, 0.4) is 0 Å². The number of alkyl halides is 1. The Hall–Kier alpha value is -2.89. The molecule has 5 nitrogen and oxygen atoms in total. The molecule has 0 bridgehead atoms. The Labute approximate surface area is 190 Å². The van der Waals surface area contributed by atoms with E-state index in [1.165, 1.54) is 0 Å². The first-order valence-corrected chi connectivity index (χ1v) is 11.6. The SMILES string of the molecule is NC(=O)CCCCCCNC(=O)N1CCC(C(F)(c2ccccc2)c2ccccc2)CC1. The molecule has 3 rings (SSSR count). The summed E-state index contributed by atoms with van der Waals surface area (Å²) in [4.78, 5) is 25.1. The first kappa shape index (κ1) is 23.8. The van der Waals surface area contributed by atoms with E-state index in [4.69, 9.17) is 5.73 Å². The highest BCUT2D eigenvalue weighted by atomic mass is 19.1. The quantitative estimate of drug-likeness (QED) is 0.524. The molecule has 3 amide bonds. The molecule has 0 saturated carbocycles. The van der Waals surface area contributed by atoms with Gasteiger partial charge in [0.05, 0.1) is 0 Å². The fourth-order valence-electron chi connectivity index (χ4n) is 4.56. The average Bonchev–Trinajstić information content (AvgIpc) is 2.84. The summed E-state index contributed by atoms with van der Waals surface area (Å²) in [6.07, 6.45) is 5.20. The third-order valence-electron chi connectivity index (χ3n) is 6.36. The number of carbonyl (C=O) groups excluding carboxylic acids is 2. The van der Waals surface area contributed by atoms with Crippen LogP contribution in [0, 0.1) is 5.92 Å². The zero-order chi connectivity index (χ0) is 22.8. The molecule has 0 aromatic heterocycles. The molecule has 0 spiro atoms. The van der Waals surface area contributed by atoms with Crippen LogP contribution in [0.1, 0.15) is 56.1 Å². The number of piperidine rings is 1. The first-order valence-electron chi connectivity index (χ1n) is 11.6. The van der Waals surface area contributed by atoms with Crippen LogP contribution in [0.25, 0.3) is 0 Å². The standard InChI is InChI=1S/C26H34FN3O2/c27-26(21-11-5-3-6-12-21,22-13-7-4-8-14-22)23-16-19-30(20-17-23)25(32)29-18-10-2-1-9-15-24(28)31/h3-8,11-14,23H,1-2,9-10,15-20H2,(H2,28,31)(H,29,32). The highest BCUT2D eigenvalue weighted by Crippen LogP contribution is 2.45. The largest absolute Gasteiger partial charge is 0.370 e. The lowest BCUT2D eigenvalue weighted by atomic mass is 9.73. The molecule has 172 valence electrons. The fourth-order valence-corrected chi connectivity index (χ4v) is 4.56. The van der Waals surface area contributed by atoms with Crippen LogP contribution < -0.4 is 11.1 Å². The molecule has 1 aliphatic heterocycles. The van der Waals surface area contributed by atoms with Crippen molar-refractivity contribution in [3.8, 4) is 0 Å². The predicted molar refractivity (Wildman–Crippen MR) is 125 cm³/mol. The van der Waals surface area contributed by atoms with Crippen LogP contribution in [0.15, 0.2) is 60.7 Å². The van der Waals surface area contributed by atoms with Crippen LogP contribution >= 0.6 is 0 Å².